The van der Waals surface area contributed by atoms with Gasteiger partial charge in [-0.3, -0.25) is 43.2 Å². The minimum atomic E-state index is -1.05. The summed E-state index contributed by atoms with van der Waals surface area (Å²) in [6.07, 6.45) is -0.792. The van der Waals surface area contributed by atoms with Gasteiger partial charge in [0.2, 0.25) is 0 Å². The summed E-state index contributed by atoms with van der Waals surface area (Å²) >= 11 is 4.36. The highest BCUT2D eigenvalue weighted by atomic mass is 32.2. The Hall–Kier alpha value is -3.84. The van der Waals surface area contributed by atoms with Crippen molar-refractivity contribution < 1.29 is 101 Å². The van der Waals surface area contributed by atoms with Crippen molar-refractivity contribution in [3.63, 3.8) is 0 Å². The second kappa shape index (κ2) is 39.5. The molecule has 0 aromatic rings. The van der Waals surface area contributed by atoms with E-state index in [9.17, 15) is 58.5 Å². The van der Waals surface area contributed by atoms with Crippen molar-refractivity contribution in [1.29, 1.82) is 0 Å². The Kier molecular flexibility index (Phi) is 39.7. The molecule has 0 aromatic heterocycles. The van der Waals surface area contributed by atoms with Gasteiger partial charge >= 0.3 is 53.7 Å². The van der Waals surface area contributed by atoms with Gasteiger partial charge in [-0.25, -0.2) is 0 Å². The number of methoxy groups -OCH3 is 3. The van der Waals surface area contributed by atoms with Gasteiger partial charge in [0, 0.05) is 34.5 Å². The van der Waals surface area contributed by atoms with Crippen LogP contribution in [0.1, 0.15) is 142 Å². The summed E-state index contributed by atoms with van der Waals surface area (Å²) in [5.74, 6) is -0.354. The number of hydrogen-bond donors (Lipinski definition) is 3. The zero-order valence-electron chi connectivity index (χ0n) is 49.9. The van der Waals surface area contributed by atoms with Crippen LogP contribution in [0.4, 0.5) is 0 Å². The largest absolute Gasteiger partial charge is 0.469 e. The maximum Gasteiger partial charge on any atom is 0.312 e. The molecule has 0 saturated heterocycles. The van der Waals surface area contributed by atoms with Gasteiger partial charge in [0.25, 0.3) is 0 Å². The van der Waals surface area contributed by atoms with Crippen LogP contribution in [0, 0.1) is 32.5 Å². The number of aliphatic hydroxyl groups is 3. The molecule has 3 unspecified atom stereocenters. The summed E-state index contributed by atoms with van der Waals surface area (Å²) in [7, 11) is 4.04. The van der Waals surface area contributed by atoms with Crippen molar-refractivity contribution in [1.82, 2.24) is 0 Å². The highest BCUT2D eigenvalue weighted by Crippen LogP contribution is 2.27. The third kappa shape index (κ3) is 35.7. The topological polar surface area (TPSA) is 297 Å². The smallest absolute Gasteiger partial charge is 0.312 e. The number of carbonyl (C=O) groups is 9. The average molecular weight is 1180 g/mol. The molecule has 456 valence electrons. The Balaban J connectivity index is -0.00000108. The lowest BCUT2D eigenvalue weighted by Crippen LogP contribution is -2.31. The van der Waals surface area contributed by atoms with E-state index in [4.69, 9.17) is 42.6 Å². The van der Waals surface area contributed by atoms with Gasteiger partial charge < -0.3 is 58.0 Å². The van der Waals surface area contributed by atoms with Crippen LogP contribution in [0.2, 0.25) is 0 Å². The van der Waals surface area contributed by atoms with E-state index in [0.717, 1.165) is 0 Å². The molecular formula is C54H96O21S3. The molecule has 0 aliphatic heterocycles. The van der Waals surface area contributed by atoms with E-state index >= 15 is 0 Å². The molecule has 0 aliphatic carbocycles. The maximum atomic E-state index is 11.8. The van der Waals surface area contributed by atoms with Crippen molar-refractivity contribution in [2.24, 2.45) is 32.5 Å². The van der Waals surface area contributed by atoms with Crippen LogP contribution in [0.25, 0.3) is 0 Å². The molecule has 0 spiro atoms. The highest BCUT2D eigenvalue weighted by molar-refractivity contribution is 7.99. The molecule has 78 heavy (non-hydrogen) atoms. The van der Waals surface area contributed by atoms with Gasteiger partial charge in [-0.15, -0.1) is 0 Å². The summed E-state index contributed by atoms with van der Waals surface area (Å²) in [5, 5.41) is 29.2. The van der Waals surface area contributed by atoms with Crippen LogP contribution in [-0.4, -0.2) is 183 Å². The fraction of sp³-hybridized carbons (Fsp3) is 0.833. The summed E-state index contributed by atoms with van der Waals surface area (Å²) < 4.78 is 44.1. The van der Waals surface area contributed by atoms with Gasteiger partial charge in [-0.05, 0) is 102 Å². The van der Waals surface area contributed by atoms with Crippen LogP contribution in [0.3, 0.4) is 0 Å². The number of carbonyl (C=O) groups excluding carboxylic acids is 9. The summed E-state index contributed by atoms with van der Waals surface area (Å²) in [6, 6.07) is 0. The third-order valence-electron chi connectivity index (χ3n) is 11.8. The lowest BCUT2D eigenvalue weighted by molar-refractivity contribution is -0.161. The van der Waals surface area contributed by atoms with Crippen molar-refractivity contribution in [2.75, 3.05) is 95.5 Å². The fourth-order valence-electron chi connectivity index (χ4n) is 4.92. The monoisotopic (exact) mass is 1180 g/mol. The quantitative estimate of drug-likeness (QED) is 0.0339. The van der Waals surface area contributed by atoms with Gasteiger partial charge in [-0.1, -0.05) is 20.8 Å². The first-order valence-electron chi connectivity index (χ1n) is 25.9. The standard InChI is InChI=1S/3C18H32O7S/c3*1-7-17(2,3)16(22)25-11-13(19)10-24-14(20)8-9-26-12-18(4,5)15(21)23-6/h3*13,19H,7-12H2,1-6H3. The van der Waals surface area contributed by atoms with E-state index in [1.807, 2.05) is 20.8 Å². The van der Waals surface area contributed by atoms with Crippen molar-refractivity contribution in [3.8, 4) is 0 Å². The van der Waals surface area contributed by atoms with Crippen molar-refractivity contribution in [2.45, 2.75) is 161 Å². The van der Waals surface area contributed by atoms with Gasteiger partial charge in [0.1, 0.15) is 58.0 Å². The molecule has 24 heteroatoms. The van der Waals surface area contributed by atoms with Crippen molar-refractivity contribution >= 4 is 89.0 Å². The molecule has 0 amide bonds. The predicted molar refractivity (Wildman–Crippen MR) is 299 cm³/mol. The molecule has 0 rings (SSSR count). The molecule has 3 atom stereocenters. The first kappa shape index (κ1) is 78.4. The fourth-order valence-corrected chi connectivity index (χ4v) is 8.17. The second-order valence-electron chi connectivity index (χ2n) is 22.1. The van der Waals surface area contributed by atoms with Crippen LogP contribution < -0.4 is 0 Å². The molecular weight excluding hydrogens is 1080 g/mol. The Morgan fingerprint density at radius 2 is 0.526 bits per heavy atom. The third-order valence-corrected chi connectivity index (χ3v) is 16.1. The molecule has 21 nitrogen and oxygen atoms in total. The van der Waals surface area contributed by atoms with Crippen LogP contribution in [-0.2, 0) is 85.8 Å². The van der Waals surface area contributed by atoms with E-state index in [1.165, 1.54) is 56.6 Å². The van der Waals surface area contributed by atoms with E-state index in [-0.39, 0.29) is 76.8 Å². The van der Waals surface area contributed by atoms with Crippen LogP contribution in [0.5, 0.6) is 0 Å². The number of esters is 9. The molecule has 0 bridgehead atoms. The number of thioether (sulfide) groups is 3. The summed E-state index contributed by atoms with van der Waals surface area (Å²) in [5.41, 5.74) is -3.66. The number of rotatable bonds is 36. The number of aliphatic hydroxyl groups excluding tert-OH is 3. The molecule has 0 aromatic carbocycles. The van der Waals surface area contributed by atoms with E-state index in [0.29, 0.717) is 53.8 Å². The SMILES string of the molecule is CCC(C)(C)C(=O)OCC(O)COC(=O)CCSCC(C)(C)C(=O)OC.CCC(C)(C)C(=O)OCC(O)COC(=O)CCSCC(C)(C)C(=O)OC.CCC(C)(C)C(=O)OCC(O)COC(=O)CCSCC(C)(C)C(=O)OC. The van der Waals surface area contributed by atoms with E-state index in [2.05, 4.69) is 0 Å². The molecule has 0 heterocycles. The normalized spacial score (nSPS) is 13.0. The van der Waals surface area contributed by atoms with Crippen molar-refractivity contribution in [3.05, 3.63) is 0 Å². The van der Waals surface area contributed by atoms with Gasteiger partial charge in [0.15, 0.2) is 0 Å². The first-order valence-corrected chi connectivity index (χ1v) is 29.4. The Morgan fingerprint density at radius 1 is 0.333 bits per heavy atom. The lowest BCUT2D eigenvalue weighted by Gasteiger charge is -2.21. The highest BCUT2D eigenvalue weighted by Gasteiger charge is 2.33. The van der Waals surface area contributed by atoms with Crippen LogP contribution >= 0.6 is 35.3 Å². The number of ether oxygens (including phenoxy) is 9. The minimum absolute atomic E-state index is 0.164. The molecule has 0 saturated carbocycles. The van der Waals surface area contributed by atoms with E-state index < -0.39 is 86.6 Å². The average Bonchev–Trinajstić information content (AvgIpc) is 3.39. The molecule has 0 radical (unpaired) electrons. The molecule has 0 fully saturated rings. The molecule has 0 aliphatic rings. The predicted octanol–water partition coefficient (Wildman–Crippen LogP) is 6.58. The van der Waals surface area contributed by atoms with Crippen LogP contribution in [0.15, 0.2) is 0 Å². The first-order chi connectivity index (χ1) is 35.9. The Labute approximate surface area is 476 Å². The van der Waals surface area contributed by atoms with Gasteiger partial charge in [0.05, 0.1) is 73.1 Å². The molecule has 3 N–H and O–H groups in total. The Bertz CT molecular complexity index is 1630. The summed E-state index contributed by atoms with van der Waals surface area (Å²) in [4.78, 5) is 105. The lowest BCUT2D eigenvalue weighted by atomic mass is 9.91. The summed E-state index contributed by atoms with van der Waals surface area (Å²) in [6.45, 7) is 25.6. The minimum Gasteiger partial charge on any atom is -0.469 e. The van der Waals surface area contributed by atoms with E-state index in [1.54, 1.807) is 83.1 Å². The zero-order chi connectivity index (χ0) is 61.1. The maximum absolute atomic E-state index is 11.8. The zero-order valence-corrected chi connectivity index (χ0v) is 52.3. The second-order valence-corrected chi connectivity index (χ2v) is 25.4. The Morgan fingerprint density at radius 3 is 0.705 bits per heavy atom. The van der Waals surface area contributed by atoms with Gasteiger partial charge in [-0.2, -0.15) is 35.3 Å². The number of hydrogen-bond acceptors (Lipinski definition) is 24.